The standard InChI is InChI=1S/C20H19ClN4O5S/c1-30-18-7-4-14(9-17(18)21)16-8-12(11-25(27)20(22)26)10-24-19(16)13-2-5-15(6-3-13)31(23,28)29/h2-10,27H,11H2,1H3,(H2,22,26)(H2,23,28,29). The van der Waals surface area contributed by atoms with Crippen LogP contribution in [0.5, 0.6) is 5.75 Å². The maximum atomic E-state index is 11.5. The van der Waals surface area contributed by atoms with E-state index >= 15 is 0 Å². The van der Waals surface area contributed by atoms with Crippen LogP contribution in [0.1, 0.15) is 5.56 Å². The number of primary sulfonamides is 1. The number of nitrogens with zero attached hydrogens (tertiary/aromatic N) is 2. The molecule has 0 bridgehead atoms. The molecule has 3 rings (SSSR count). The van der Waals surface area contributed by atoms with E-state index in [2.05, 4.69) is 4.98 Å². The van der Waals surface area contributed by atoms with Crippen LogP contribution in [0.25, 0.3) is 22.4 Å². The van der Waals surface area contributed by atoms with Gasteiger partial charge in [-0.15, -0.1) is 0 Å². The van der Waals surface area contributed by atoms with Crippen molar-refractivity contribution in [3.8, 4) is 28.1 Å². The molecule has 0 spiro atoms. The van der Waals surface area contributed by atoms with Crippen LogP contribution < -0.4 is 15.6 Å². The topological polar surface area (TPSA) is 149 Å². The van der Waals surface area contributed by atoms with Crippen LogP contribution in [0, 0.1) is 0 Å². The largest absolute Gasteiger partial charge is 0.495 e. The average Bonchev–Trinajstić information content (AvgIpc) is 2.73. The van der Waals surface area contributed by atoms with Gasteiger partial charge in [0.1, 0.15) is 5.75 Å². The molecule has 0 saturated heterocycles. The molecule has 0 atom stereocenters. The minimum Gasteiger partial charge on any atom is -0.495 e. The van der Waals surface area contributed by atoms with Crippen molar-refractivity contribution in [2.24, 2.45) is 10.9 Å². The molecular formula is C20H19ClN4O5S. The second-order valence-corrected chi connectivity index (χ2v) is 8.52. The van der Waals surface area contributed by atoms with Gasteiger partial charge in [0.15, 0.2) is 0 Å². The maximum Gasteiger partial charge on any atom is 0.338 e. The molecule has 0 aliphatic heterocycles. The number of urea groups is 1. The van der Waals surface area contributed by atoms with Crippen molar-refractivity contribution >= 4 is 27.7 Å². The van der Waals surface area contributed by atoms with Crippen molar-refractivity contribution < 1.29 is 23.2 Å². The summed E-state index contributed by atoms with van der Waals surface area (Å²) in [5.41, 5.74) is 8.05. The van der Waals surface area contributed by atoms with E-state index in [9.17, 15) is 18.4 Å². The Morgan fingerprint density at radius 1 is 1.16 bits per heavy atom. The molecule has 31 heavy (non-hydrogen) atoms. The summed E-state index contributed by atoms with van der Waals surface area (Å²) in [6.07, 6.45) is 1.48. The van der Waals surface area contributed by atoms with Gasteiger partial charge in [-0.25, -0.2) is 23.4 Å². The zero-order chi connectivity index (χ0) is 22.8. The van der Waals surface area contributed by atoms with Gasteiger partial charge in [0.2, 0.25) is 10.0 Å². The number of primary amides is 1. The molecule has 5 N–H and O–H groups in total. The SMILES string of the molecule is COc1ccc(-c2cc(CN(O)C(N)=O)cnc2-c2ccc(S(N)(=O)=O)cc2)cc1Cl. The summed E-state index contributed by atoms with van der Waals surface area (Å²) in [5, 5.41) is 15.6. The zero-order valence-electron chi connectivity index (χ0n) is 16.3. The highest BCUT2D eigenvalue weighted by molar-refractivity contribution is 7.89. The quantitative estimate of drug-likeness (QED) is 0.378. The van der Waals surface area contributed by atoms with Gasteiger partial charge in [-0.05, 0) is 41.5 Å². The van der Waals surface area contributed by atoms with Crippen LogP contribution in [0.2, 0.25) is 5.02 Å². The summed E-state index contributed by atoms with van der Waals surface area (Å²) in [6.45, 7) is -0.177. The minimum atomic E-state index is -3.83. The molecule has 9 nitrogen and oxygen atoms in total. The zero-order valence-corrected chi connectivity index (χ0v) is 17.9. The van der Waals surface area contributed by atoms with E-state index in [-0.39, 0.29) is 11.4 Å². The number of hydrogen-bond donors (Lipinski definition) is 3. The Morgan fingerprint density at radius 3 is 2.35 bits per heavy atom. The number of aromatic nitrogens is 1. The van der Waals surface area contributed by atoms with E-state index in [1.54, 1.807) is 36.4 Å². The van der Waals surface area contributed by atoms with Crippen molar-refractivity contribution in [1.29, 1.82) is 0 Å². The number of benzene rings is 2. The number of carbonyl (C=O) groups is 1. The smallest absolute Gasteiger partial charge is 0.338 e. The number of methoxy groups -OCH3 is 1. The Morgan fingerprint density at radius 2 is 1.81 bits per heavy atom. The fourth-order valence-electron chi connectivity index (χ4n) is 2.93. The van der Waals surface area contributed by atoms with Gasteiger partial charge in [0.25, 0.3) is 0 Å². The van der Waals surface area contributed by atoms with Gasteiger partial charge in [0, 0.05) is 17.3 Å². The third-order valence-electron chi connectivity index (χ3n) is 4.45. The molecule has 0 radical (unpaired) electrons. The molecule has 0 aliphatic rings. The highest BCUT2D eigenvalue weighted by Gasteiger charge is 2.16. The lowest BCUT2D eigenvalue weighted by molar-refractivity contribution is -0.0471. The van der Waals surface area contributed by atoms with Gasteiger partial charge in [-0.3, -0.25) is 10.2 Å². The van der Waals surface area contributed by atoms with Gasteiger partial charge in [-0.2, -0.15) is 0 Å². The summed E-state index contributed by atoms with van der Waals surface area (Å²) in [6, 6.07) is 11.8. The Hall–Kier alpha value is -3.18. The third-order valence-corrected chi connectivity index (χ3v) is 5.67. The Labute approximate surface area is 183 Å². The van der Waals surface area contributed by atoms with Crippen molar-refractivity contribution in [3.05, 3.63) is 65.3 Å². The van der Waals surface area contributed by atoms with Crippen LogP contribution in [0.15, 0.2) is 59.6 Å². The lowest BCUT2D eigenvalue weighted by Gasteiger charge is -2.16. The van der Waals surface area contributed by atoms with Crippen molar-refractivity contribution in [2.45, 2.75) is 11.4 Å². The Kier molecular flexibility index (Phi) is 6.46. The minimum absolute atomic E-state index is 0.0284. The second-order valence-electron chi connectivity index (χ2n) is 6.55. The summed E-state index contributed by atoms with van der Waals surface area (Å²) in [7, 11) is -2.33. The predicted octanol–water partition coefficient (Wildman–Crippen LogP) is 2.99. The fraction of sp³-hybridized carbons (Fsp3) is 0.100. The number of halogens is 1. The van der Waals surface area contributed by atoms with Crippen LogP contribution >= 0.6 is 11.6 Å². The molecule has 1 aromatic heterocycles. The number of nitrogens with two attached hydrogens (primary N) is 2. The lowest BCUT2D eigenvalue weighted by Crippen LogP contribution is -2.32. The lowest BCUT2D eigenvalue weighted by atomic mass is 9.97. The summed E-state index contributed by atoms with van der Waals surface area (Å²) in [4.78, 5) is 15.6. The molecule has 162 valence electrons. The van der Waals surface area contributed by atoms with Gasteiger partial charge < -0.3 is 10.5 Å². The molecule has 3 aromatic rings. The predicted molar refractivity (Wildman–Crippen MR) is 115 cm³/mol. The summed E-state index contributed by atoms with van der Waals surface area (Å²) in [5.74, 6) is 0.490. The van der Waals surface area contributed by atoms with E-state index < -0.39 is 16.1 Å². The number of hydrogen-bond acceptors (Lipinski definition) is 6. The Bertz CT molecular complexity index is 1230. The fourth-order valence-corrected chi connectivity index (χ4v) is 3.70. The van der Waals surface area contributed by atoms with E-state index in [1.165, 1.54) is 25.4 Å². The van der Waals surface area contributed by atoms with E-state index in [1.807, 2.05) is 0 Å². The molecule has 0 fully saturated rings. The summed E-state index contributed by atoms with van der Waals surface area (Å²) < 4.78 is 28.3. The van der Waals surface area contributed by atoms with Gasteiger partial charge in [-0.1, -0.05) is 29.8 Å². The molecule has 0 aliphatic carbocycles. The normalized spacial score (nSPS) is 11.2. The van der Waals surface area contributed by atoms with Crippen LogP contribution in [0.3, 0.4) is 0 Å². The molecule has 1 heterocycles. The molecular weight excluding hydrogens is 444 g/mol. The highest BCUT2D eigenvalue weighted by Crippen LogP contribution is 2.35. The number of pyridine rings is 1. The van der Waals surface area contributed by atoms with E-state index in [4.69, 9.17) is 27.2 Å². The van der Waals surface area contributed by atoms with Gasteiger partial charge >= 0.3 is 6.03 Å². The van der Waals surface area contributed by atoms with Crippen LogP contribution in [-0.2, 0) is 16.6 Å². The highest BCUT2D eigenvalue weighted by atomic mass is 35.5. The Balaban J connectivity index is 2.14. The third kappa shape index (κ3) is 5.12. The van der Waals surface area contributed by atoms with Crippen molar-refractivity contribution in [1.82, 2.24) is 10.0 Å². The molecule has 0 saturated carbocycles. The number of carbonyl (C=O) groups excluding carboxylic acids is 1. The van der Waals surface area contributed by atoms with E-state index in [0.29, 0.717) is 43.8 Å². The first-order valence-electron chi connectivity index (χ1n) is 8.82. The first kappa shape index (κ1) is 22.5. The average molecular weight is 463 g/mol. The monoisotopic (exact) mass is 462 g/mol. The molecule has 0 unspecified atom stereocenters. The van der Waals surface area contributed by atoms with Crippen LogP contribution in [0.4, 0.5) is 4.79 Å². The molecule has 2 aromatic carbocycles. The van der Waals surface area contributed by atoms with Gasteiger partial charge in [0.05, 0.1) is 29.3 Å². The number of ether oxygens (including phenoxy) is 1. The summed E-state index contributed by atoms with van der Waals surface area (Å²) >= 11 is 6.28. The number of hydroxylamine groups is 2. The van der Waals surface area contributed by atoms with Crippen LogP contribution in [-0.4, -0.2) is 36.8 Å². The number of sulfonamides is 1. The molecule has 11 heteroatoms. The van der Waals surface area contributed by atoms with E-state index in [0.717, 1.165) is 0 Å². The number of rotatable bonds is 6. The van der Waals surface area contributed by atoms with Crippen molar-refractivity contribution in [3.63, 3.8) is 0 Å². The number of amides is 2. The molecule has 2 amide bonds. The first-order valence-corrected chi connectivity index (χ1v) is 10.7. The first-order chi connectivity index (χ1) is 14.6. The van der Waals surface area contributed by atoms with Crippen molar-refractivity contribution in [2.75, 3.05) is 7.11 Å². The second kappa shape index (κ2) is 8.90. The maximum absolute atomic E-state index is 11.5.